The van der Waals surface area contributed by atoms with Gasteiger partial charge in [0.25, 0.3) is 0 Å². The van der Waals surface area contributed by atoms with Gasteiger partial charge in [0.05, 0.1) is 5.56 Å². The fourth-order valence-electron chi connectivity index (χ4n) is 3.18. The van der Waals surface area contributed by atoms with Crippen LogP contribution >= 0.6 is 0 Å². The first-order valence-electron chi connectivity index (χ1n) is 8.39. The Morgan fingerprint density at radius 2 is 1.73 bits per heavy atom. The van der Waals surface area contributed by atoms with Crippen molar-refractivity contribution in [2.75, 3.05) is 6.61 Å². The number of rotatable bonds is 4. The van der Waals surface area contributed by atoms with E-state index in [9.17, 15) is 9.59 Å². The third kappa shape index (κ3) is 3.11. The lowest BCUT2D eigenvalue weighted by Crippen LogP contribution is -2.35. The van der Waals surface area contributed by atoms with Crippen LogP contribution in [0.15, 0.2) is 72.8 Å². The summed E-state index contributed by atoms with van der Waals surface area (Å²) in [5, 5.41) is 4.75. The Morgan fingerprint density at radius 1 is 1.00 bits per heavy atom. The molecule has 4 rings (SSSR count). The van der Waals surface area contributed by atoms with Gasteiger partial charge in [-0.1, -0.05) is 60.7 Å². The Balaban J connectivity index is 1.73. The standard InChI is InChI=1S/C21H17NO4/c23-20(15-8-2-1-3-9-15)26-19(18-13-25-21(24)22-18)17-12-6-10-14-7-4-5-11-16(14)17/h1-12,18-19H,13H2,(H,22,24)/t18-,19+/m1/s1. The van der Waals surface area contributed by atoms with E-state index < -0.39 is 24.2 Å². The fourth-order valence-corrected chi connectivity index (χ4v) is 3.18. The van der Waals surface area contributed by atoms with E-state index in [1.165, 1.54) is 0 Å². The van der Waals surface area contributed by atoms with Gasteiger partial charge in [0, 0.05) is 5.56 Å². The summed E-state index contributed by atoms with van der Waals surface area (Å²) < 4.78 is 10.9. The minimum Gasteiger partial charge on any atom is -0.452 e. The van der Waals surface area contributed by atoms with Gasteiger partial charge in [-0.3, -0.25) is 0 Å². The van der Waals surface area contributed by atoms with E-state index in [-0.39, 0.29) is 6.61 Å². The smallest absolute Gasteiger partial charge is 0.407 e. The number of alkyl carbamates (subject to hydrolysis) is 1. The summed E-state index contributed by atoms with van der Waals surface area (Å²) in [4.78, 5) is 24.2. The van der Waals surface area contributed by atoms with Gasteiger partial charge in [-0.2, -0.15) is 0 Å². The van der Waals surface area contributed by atoms with Crippen molar-refractivity contribution in [3.8, 4) is 0 Å². The molecule has 26 heavy (non-hydrogen) atoms. The monoisotopic (exact) mass is 347 g/mol. The normalized spacial score (nSPS) is 17.4. The van der Waals surface area contributed by atoms with E-state index in [0.717, 1.165) is 16.3 Å². The van der Waals surface area contributed by atoms with Crippen LogP contribution in [0.4, 0.5) is 4.79 Å². The second kappa shape index (κ2) is 6.88. The summed E-state index contributed by atoms with van der Waals surface area (Å²) in [7, 11) is 0. The zero-order valence-electron chi connectivity index (χ0n) is 13.9. The van der Waals surface area contributed by atoms with Crippen LogP contribution in [0.25, 0.3) is 10.8 Å². The highest BCUT2D eigenvalue weighted by molar-refractivity contribution is 5.90. The van der Waals surface area contributed by atoms with Crippen LogP contribution in [-0.4, -0.2) is 24.7 Å². The molecule has 1 aliphatic rings. The number of benzene rings is 3. The summed E-state index contributed by atoms with van der Waals surface area (Å²) in [5.41, 5.74) is 1.30. The minimum atomic E-state index is -0.653. The fraction of sp³-hybridized carbons (Fsp3) is 0.143. The van der Waals surface area contributed by atoms with Crippen molar-refractivity contribution in [1.82, 2.24) is 5.32 Å². The molecule has 0 aliphatic carbocycles. The lowest BCUT2D eigenvalue weighted by atomic mass is 9.96. The maximum atomic E-state index is 12.6. The summed E-state index contributed by atoms with van der Waals surface area (Å²) in [6.45, 7) is 0.148. The van der Waals surface area contributed by atoms with Crippen LogP contribution in [-0.2, 0) is 9.47 Å². The maximum absolute atomic E-state index is 12.6. The van der Waals surface area contributed by atoms with Crippen LogP contribution in [0, 0.1) is 0 Å². The van der Waals surface area contributed by atoms with Gasteiger partial charge in [-0.25, -0.2) is 9.59 Å². The van der Waals surface area contributed by atoms with Gasteiger partial charge >= 0.3 is 12.1 Å². The lowest BCUT2D eigenvalue weighted by molar-refractivity contribution is 0.0207. The average Bonchev–Trinajstić information content (AvgIpc) is 3.12. The molecule has 3 aromatic carbocycles. The second-order valence-electron chi connectivity index (χ2n) is 6.11. The number of esters is 1. The van der Waals surface area contributed by atoms with Gasteiger partial charge in [-0.15, -0.1) is 0 Å². The van der Waals surface area contributed by atoms with Gasteiger partial charge in [0.2, 0.25) is 0 Å². The SMILES string of the molecule is O=C1N[C@@H]([C@@H](OC(=O)c2ccccc2)c2cccc3ccccc23)CO1. The van der Waals surface area contributed by atoms with E-state index in [1.807, 2.05) is 48.5 Å². The van der Waals surface area contributed by atoms with Crippen LogP contribution in [0.1, 0.15) is 22.0 Å². The molecule has 0 saturated carbocycles. The van der Waals surface area contributed by atoms with Crippen molar-refractivity contribution in [2.45, 2.75) is 12.1 Å². The summed E-state index contributed by atoms with van der Waals surface area (Å²) in [6, 6.07) is 22.1. The number of hydrogen-bond acceptors (Lipinski definition) is 4. The zero-order chi connectivity index (χ0) is 17.9. The molecule has 3 aromatic rings. The molecule has 1 saturated heterocycles. The van der Waals surface area contributed by atoms with Gasteiger partial charge in [0.1, 0.15) is 12.6 Å². The molecule has 5 nitrogen and oxygen atoms in total. The Hall–Kier alpha value is -3.34. The summed E-state index contributed by atoms with van der Waals surface area (Å²) in [6.07, 6.45) is -1.16. The van der Waals surface area contributed by atoms with Crippen LogP contribution in [0.5, 0.6) is 0 Å². The molecule has 0 bridgehead atoms. The molecule has 0 unspecified atom stereocenters. The Bertz CT molecular complexity index is 949. The molecule has 1 heterocycles. The first-order valence-corrected chi connectivity index (χ1v) is 8.39. The van der Waals surface area contributed by atoms with E-state index >= 15 is 0 Å². The molecular weight excluding hydrogens is 330 g/mol. The topological polar surface area (TPSA) is 64.6 Å². The highest BCUT2D eigenvalue weighted by Crippen LogP contribution is 2.31. The number of amides is 1. The van der Waals surface area contributed by atoms with Crippen molar-refractivity contribution in [3.63, 3.8) is 0 Å². The molecule has 0 aromatic heterocycles. The van der Waals surface area contributed by atoms with E-state index in [2.05, 4.69) is 5.32 Å². The third-order valence-corrected chi connectivity index (χ3v) is 4.44. The molecule has 130 valence electrons. The van der Waals surface area contributed by atoms with Crippen molar-refractivity contribution >= 4 is 22.8 Å². The number of nitrogens with one attached hydrogen (secondary N) is 1. The Kier molecular flexibility index (Phi) is 4.27. The molecule has 5 heteroatoms. The highest BCUT2D eigenvalue weighted by atomic mass is 16.6. The second-order valence-corrected chi connectivity index (χ2v) is 6.11. The van der Waals surface area contributed by atoms with Crippen molar-refractivity contribution in [2.24, 2.45) is 0 Å². The van der Waals surface area contributed by atoms with Crippen molar-refractivity contribution in [1.29, 1.82) is 0 Å². The average molecular weight is 347 g/mol. The maximum Gasteiger partial charge on any atom is 0.407 e. The number of carbonyl (C=O) groups excluding carboxylic acids is 2. The molecule has 0 radical (unpaired) electrons. The number of carbonyl (C=O) groups is 2. The molecule has 1 amide bonds. The number of hydrogen-bond donors (Lipinski definition) is 1. The van der Waals surface area contributed by atoms with E-state index in [4.69, 9.17) is 9.47 Å². The van der Waals surface area contributed by atoms with E-state index in [1.54, 1.807) is 24.3 Å². The molecule has 0 spiro atoms. The largest absolute Gasteiger partial charge is 0.452 e. The third-order valence-electron chi connectivity index (χ3n) is 4.44. The summed E-state index contributed by atoms with van der Waals surface area (Å²) >= 11 is 0. The number of fused-ring (bicyclic) bond motifs is 1. The summed E-state index contributed by atoms with van der Waals surface area (Å²) in [5.74, 6) is -0.440. The van der Waals surface area contributed by atoms with Crippen LogP contribution in [0.3, 0.4) is 0 Å². The molecule has 1 N–H and O–H groups in total. The quantitative estimate of drug-likeness (QED) is 0.728. The van der Waals surface area contributed by atoms with Crippen molar-refractivity contribution < 1.29 is 19.1 Å². The van der Waals surface area contributed by atoms with Gasteiger partial charge in [-0.05, 0) is 22.9 Å². The number of cyclic esters (lactones) is 1. The van der Waals surface area contributed by atoms with Crippen molar-refractivity contribution in [3.05, 3.63) is 83.9 Å². The minimum absolute atomic E-state index is 0.148. The van der Waals surface area contributed by atoms with Gasteiger partial charge < -0.3 is 14.8 Å². The van der Waals surface area contributed by atoms with Gasteiger partial charge in [0.15, 0.2) is 6.10 Å². The number of ether oxygens (including phenoxy) is 2. The molecular formula is C21H17NO4. The molecule has 1 aliphatic heterocycles. The first-order chi connectivity index (χ1) is 12.7. The van der Waals surface area contributed by atoms with E-state index in [0.29, 0.717) is 5.56 Å². The zero-order valence-corrected chi connectivity index (χ0v) is 13.9. The van der Waals surface area contributed by atoms with Crippen LogP contribution in [0.2, 0.25) is 0 Å². The van der Waals surface area contributed by atoms with Crippen LogP contribution < -0.4 is 5.32 Å². The Morgan fingerprint density at radius 3 is 2.50 bits per heavy atom. The predicted octanol–water partition coefficient (Wildman–Crippen LogP) is 3.85. The molecule has 1 fully saturated rings. The first kappa shape index (κ1) is 16.1. The lowest BCUT2D eigenvalue weighted by Gasteiger charge is -2.24. The highest BCUT2D eigenvalue weighted by Gasteiger charge is 2.35. The molecule has 2 atom stereocenters. The predicted molar refractivity (Wildman–Crippen MR) is 96.8 cm³/mol. The Labute approximate surface area is 150 Å².